The molecule has 0 aliphatic rings. The molecule has 0 saturated heterocycles. The Labute approximate surface area is 122 Å². The Bertz CT molecular complexity index is 551. The van der Waals surface area contributed by atoms with Crippen molar-refractivity contribution in [2.75, 3.05) is 12.4 Å². The normalized spacial score (nSPS) is 12.0. The zero-order valence-corrected chi connectivity index (χ0v) is 13.0. The van der Waals surface area contributed by atoms with Crippen molar-refractivity contribution in [3.63, 3.8) is 0 Å². The van der Waals surface area contributed by atoms with Gasteiger partial charge in [-0.1, -0.05) is 34.1 Å². The van der Waals surface area contributed by atoms with Gasteiger partial charge >= 0.3 is 0 Å². The van der Waals surface area contributed by atoms with Crippen molar-refractivity contribution in [2.24, 2.45) is 0 Å². The molecule has 1 atom stereocenters. The van der Waals surface area contributed by atoms with E-state index in [0.29, 0.717) is 0 Å². The summed E-state index contributed by atoms with van der Waals surface area (Å²) in [5.41, 5.74) is 3.58. The van der Waals surface area contributed by atoms with Crippen molar-refractivity contribution < 1.29 is 4.74 Å². The molecule has 2 nitrogen and oxygen atoms in total. The number of hydrogen-bond acceptors (Lipinski definition) is 2. The third-order valence-electron chi connectivity index (χ3n) is 3.17. The molecule has 100 valence electrons. The Balaban J connectivity index is 2.10. The summed E-state index contributed by atoms with van der Waals surface area (Å²) in [5.74, 6) is 0.883. The van der Waals surface area contributed by atoms with Crippen molar-refractivity contribution >= 4 is 21.6 Å². The molecule has 1 unspecified atom stereocenters. The number of rotatable bonds is 4. The lowest BCUT2D eigenvalue weighted by Gasteiger charge is -2.16. The number of aryl methyl sites for hydroxylation is 1. The van der Waals surface area contributed by atoms with Crippen LogP contribution in [0.2, 0.25) is 0 Å². The third-order valence-corrected chi connectivity index (χ3v) is 4.03. The van der Waals surface area contributed by atoms with Crippen LogP contribution in [0.1, 0.15) is 24.1 Å². The van der Waals surface area contributed by atoms with E-state index in [4.69, 9.17) is 4.74 Å². The van der Waals surface area contributed by atoms with Gasteiger partial charge in [0.15, 0.2) is 0 Å². The predicted octanol–water partition coefficient (Wildman–Crippen LogP) is 4.94. The summed E-state index contributed by atoms with van der Waals surface area (Å²) < 4.78 is 6.29. The molecule has 2 rings (SSSR count). The summed E-state index contributed by atoms with van der Waals surface area (Å²) in [6.07, 6.45) is 0. The summed E-state index contributed by atoms with van der Waals surface area (Å²) in [5, 5.41) is 3.49. The van der Waals surface area contributed by atoms with Crippen LogP contribution in [0.3, 0.4) is 0 Å². The van der Waals surface area contributed by atoms with Crippen molar-refractivity contribution in [1.82, 2.24) is 0 Å². The van der Waals surface area contributed by atoms with E-state index in [9.17, 15) is 0 Å². The minimum atomic E-state index is 0.250. The second-order valence-electron chi connectivity index (χ2n) is 4.60. The fraction of sp³-hybridized carbons (Fsp3) is 0.250. The quantitative estimate of drug-likeness (QED) is 0.861. The molecule has 0 radical (unpaired) electrons. The second kappa shape index (κ2) is 6.11. The van der Waals surface area contributed by atoms with E-state index < -0.39 is 0 Å². The molecule has 0 fully saturated rings. The first kappa shape index (κ1) is 13.9. The highest BCUT2D eigenvalue weighted by atomic mass is 79.9. The average molecular weight is 320 g/mol. The zero-order valence-electron chi connectivity index (χ0n) is 11.4. The standard InChI is InChI=1S/C16H18BrNO/c1-11-4-7-14(10-16(11)17)18-12(2)13-5-8-15(19-3)9-6-13/h4-10,12,18H,1-3H3. The monoisotopic (exact) mass is 319 g/mol. The van der Waals surface area contributed by atoms with E-state index in [1.54, 1.807) is 7.11 Å². The molecule has 0 aliphatic heterocycles. The van der Waals surface area contributed by atoms with Crippen LogP contribution in [-0.4, -0.2) is 7.11 Å². The highest BCUT2D eigenvalue weighted by Crippen LogP contribution is 2.25. The van der Waals surface area contributed by atoms with Crippen molar-refractivity contribution in [3.8, 4) is 5.75 Å². The number of hydrogen-bond donors (Lipinski definition) is 1. The van der Waals surface area contributed by atoms with Gasteiger partial charge in [0, 0.05) is 16.2 Å². The molecule has 0 heterocycles. The van der Waals surface area contributed by atoms with Gasteiger partial charge in [-0.2, -0.15) is 0 Å². The first-order valence-corrected chi connectivity index (χ1v) is 7.06. The van der Waals surface area contributed by atoms with E-state index in [1.807, 2.05) is 12.1 Å². The van der Waals surface area contributed by atoms with Crippen LogP contribution in [0, 0.1) is 6.92 Å². The van der Waals surface area contributed by atoms with Crippen molar-refractivity contribution in [3.05, 3.63) is 58.1 Å². The first-order chi connectivity index (χ1) is 9.10. The van der Waals surface area contributed by atoms with Gasteiger partial charge in [-0.05, 0) is 49.2 Å². The second-order valence-corrected chi connectivity index (χ2v) is 5.46. The zero-order chi connectivity index (χ0) is 13.8. The third kappa shape index (κ3) is 3.51. The van der Waals surface area contributed by atoms with Crippen LogP contribution in [-0.2, 0) is 0 Å². The fourth-order valence-electron chi connectivity index (χ4n) is 1.91. The summed E-state index contributed by atoms with van der Waals surface area (Å²) >= 11 is 3.55. The van der Waals surface area contributed by atoms with Gasteiger partial charge < -0.3 is 10.1 Å². The van der Waals surface area contributed by atoms with Crippen LogP contribution in [0.5, 0.6) is 5.75 Å². The largest absolute Gasteiger partial charge is 0.497 e. The number of nitrogens with one attached hydrogen (secondary N) is 1. The molecule has 3 heteroatoms. The van der Waals surface area contributed by atoms with Gasteiger partial charge in [-0.25, -0.2) is 0 Å². The number of benzene rings is 2. The lowest BCUT2D eigenvalue weighted by molar-refractivity contribution is 0.414. The molecule has 2 aromatic rings. The van der Waals surface area contributed by atoms with Crippen LogP contribution in [0.4, 0.5) is 5.69 Å². The van der Waals surface area contributed by atoms with E-state index in [0.717, 1.165) is 15.9 Å². The Morgan fingerprint density at radius 1 is 1.11 bits per heavy atom. The van der Waals surface area contributed by atoms with Gasteiger partial charge in [-0.3, -0.25) is 0 Å². The average Bonchev–Trinajstić information content (AvgIpc) is 2.43. The predicted molar refractivity (Wildman–Crippen MR) is 83.9 cm³/mol. The van der Waals surface area contributed by atoms with Crippen LogP contribution < -0.4 is 10.1 Å². The lowest BCUT2D eigenvalue weighted by atomic mass is 10.1. The molecule has 0 aromatic heterocycles. The Morgan fingerprint density at radius 3 is 2.37 bits per heavy atom. The Morgan fingerprint density at radius 2 is 1.79 bits per heavy atom. The number of halogens is 1. The highest BCUT2D eigenvalue weighted by molar-refractivity contribution is 9.10. The SMILES string of the molecule is COc1ccc(C(C)Nc2ccc(C)c(Br)c2)cc1. The van der Waals surface area contributed by atoms with Crippen molar-refractivity contribution in [2.45, 2.75) is 19.9 Å². The number of ether oxygens (including phenoxy) is 1. The van der Waals surface area contributed by atoms with Crippen LogP contribution >= 0.6 is 15.9 Å². The van der Waals surface area contributed by atoms with Gasteiger partial charge in [0.2, 0.25) is 0 Å². The number of anilines is 1. The topological polar surface area (TPSA) is 21.3 Å². The van der Waals surface area contributed by atoms with Crippen molar-refractivity contribution in [1.29, 1.82) is 0 Å². The molecular weight excluding hydrogens is 302 g/mol. The smallest absolute Gasteiger partial charge is 0.118 e. The molecule has 19 heavy (non-hydrogen) atoms. The maximum absolute atomic E-state index is 5.17. The molecule has 0 spiro atoms. The molecule has 0 amide bonds. The molecule has 2 aromatic carbocycles. The lowest BCUT2D eigenvalue weighted by Crippen LogP contribution is -2.06. The van der Waals surface area contributed by atoms with Gasteiger partial charge in [-0.15, -0.1) is 0 Å². The molecule has 0 saturated carbocycles. The van der Waals surface area contributed by atoms with E-state index in [-0.39, 0.29) is 6.04 Å². The maximum atomic E-state index is 5.17. The highest BCUT2D eigenvalue weighted by Gasteiger charge is 2.06. The van der Waals surface area contributed by atoms with E-state index >= 15 is 0 Å². The summed E-state index contributed by atoms with van der Waals surface area (Å²) in [6.45, 7) is 4.23. The first-order valence-electron chi connectivity index (χ1n) is 6.27. The van der Waals surface area contributed by atoms with E-state index in [2.05, 4.69) is 65.4 Å². The fourth-order valence-corrected chi connectivity index (χ4v) is 2.29. The summed E-state index contributed by atoms with van der Waals surface area (Å²) in [7, 11) is 1.68. The maximum Gasteiger partial charge on any atom is 0.118 e. The van der Waals surface area contributed by atoms with Gasteiger partial charge in [0.25, 0.3) is 0 Å². The Kier molecular flexibility index (Phi) is 4.48. The Hall–Kier alpha value is -1.48. The molecular formula is C16H18BrNO. The minimum absolute atomic E-state index is 0.250. The summed E-state index contributed by atoms with van der Waals surface area (Å²) in [6, 6.07) is 14.7. The number of methoxy groups -OCH3 is 1. The molecule has 0 aliphatic carbocycles. The molecule has 1 N–H and O–H groups in total. The molecule has 0 bridgehead atoms. The summed E-state index contributed by atoms with van der Waals surface area (Å²) in [4.78, 5) is 0. The minimum Gasteiger partial charge on any atom is -0.497 e. The van der Waals surface area contributed by atoms with Gasteiger partial charge in [0.05, 0.1) is 7.11 Å². The van der Waals surface area contributed by atoms with Crippen LogP contribution in [0.25, 0.3) is 0 Å². The van der Waals surface area contributed by atoms with Gasteiger partial charge in [0.1, 0.15) is 5.75 Å². The van der Waals surface area contributed by atoms with E-state index in [1.165, 1.54) is 11.1 Å². The van der Waals surface area contributed by atoms with Crippen LogP contribution in [0.15, 0.2) is 46.9 Å².